The van der Waals surface area contributed by atoms with Crippen LogP contribution in [0.3, 0.4) is 0 Å². The Labute approximate surface area is 108 Å². The average Bonchev–Trinajstić information content (AvgIpc) is 2.43. The van der Waals surface area contributed by atoms with Crippen molar-refractivity contribution in [2.45, 2.75) is 0 Å². The number of rotatable bonds is 3. The van der Waals surface area contributed by atoms with E-state index in [2.05, 4.69) is 14.2 Å². The van der Waals surface area contributed by atoms with Crippen LogP contribution in [0.1, 0.15) is 31.1 Å². The van der Waals surface area contributed by atoms with Gasteiger partial charge < -0.3 is 19.3 Å². The number of methoxy groups -OCH3 is 3. The molecular formula is C12H12O7. The third-order valence-electron chi connectivity index (χ3n) is 2.33. The summed E-state index contributed by atoms with van der Waals surface area (Å²) in [5.74, 6) is -3.15. The van der Waals surface area contributed by atoms with Crippen LogP contribution in [0.15, 0.2) is 12.1 Å². The van der Waals surface area contributed by atoms with Crippen molar-refractivity contribution in [3.8, 4) is 5.75 Å². The standard InChI is InChI=1S/C12H12O7/c1-17-10(14)6-4-7(11(15)18-2)9(8(13)5-6)12(16)19-3/h4-5,13H,1-3H3. The van der Waals surface area contributed by atoms with Gasteiger partial charge in [-0.1, -0.05) is 0 Å². The van der Waals surface area contributed by atoms with Crippen molar-refractivity contribution in [1.29, 1.82) is 0 Å². The molecule has 0 saturated heterocycles. The average molecular weight is 268 g/mol. The number of esters is 3. The van der Waals surface area contributed by atoms with Gasteiger partial charge in [0, 0.05) is 0 Å². The van der Waals surface area contributed by atoms with Crippen molar-refractivity contribution in [3.05, 3.63) is 28.8 Å². The fourth-order valence-corrected chi connectivity index (χ4v) is 1.45. The zero-order valence-electron chi connectivity index (χ0n) is 10.6. The predicted molar refractivity (Wildman–Crippen MR) is 62.1 cm³/mol. The molecule has 0 heterocycles. The molecule has 0 aliphatic carbocycles. The van der Waals surface area contributed by atoms with Crippen molar-refractivity contribution < 1.29 is 33.7 Å². The van der Waals surface area contributed by atoms with Gasteiger partial charge >= 0.3 is 17.9 Å². The molecule has 1 N–H and O–H groups in total. The van der Waals surface area contributed by atoms with Crippen LogP contribution in [0.5, 0.6) is 5.75 Å². The maximum atomic E-state index is 11.6. The molecule has 0 amide bonds. The second kappa shape index (κ2) is 5.85. The van der Waals surface area contributed by atoms with Gasteiger partial charge in [0.1, 0.15) is 11.3 Å². The Morgan fingerprint density at radius 2 is 1.42 bits per heavy atom. The van der Waals surface area contributed by atoms with Gasteiger partial charge in [0.25, 0.3) is 0 Å². The van der Waals surface area contributed by atoms with Gasteiger partial charge in [0.2, 0.25) is 0 Å². The molecule has 7 nitrogen and oxygen atoms in total. The van der Waals surface area contributed by atoms with Gasteiger partial charge in [0.15, 0.2) is 0 Å². The lowest BCUT2D eigenvalue weighted by molar-refractivity contribution is 0.0549. The number of phenols is 1. The molecule has 0 aliphatic heterocycles. The van der Waals surface area contributed by atoms with E-state index in [0.29, 0.717) is 0 Å². The first-order valence-corrected chi connectivity index (χ1v) is 5.08. The molecule has 0 unspecified atom stereocenters. The van der Waals surface area contributed by atoms with E-state index < -0.39 is 23.7 Å². The zero-order valence-corrected chi connectivity index (χ0v) is 10.6. The van der Waals surface area contributed by atoms with Gasteiger partial charge in [-0.25, -0.2) is 14.4 Å². The lowest BCUT2D eigenvalue weighted by Crippen LogP contribution is -2.14. The number of benzene rings is 1. The molecule has 1 rings (SSSR count). The van der Waals surface area contributed by atoms with E-state index in [9.17, 15) is 19.5 Å². The number of aromatic hydroxyl groups is 1. The van der Waals surface area contributed by atoms with Gasteiger partial charge in [-0.05, 0) is 12.1 Å². The predicted octanol–water partition coefficient (Wildman–Crippen LogP) is 0.752. The molecule has 0 aliphatic rings. The van der Waals surface area contributed by atoms with Crippen LogP contribution in [0.25, 0.3) is 0 Å². The minimum Gasteiger partial charge on any atom is -0.507 e. The van der Waals surface area contributed by atoms with Crippen LogP contribution in [0.2, 0.25) is 0 Å². The van der Waals surface area contributed by atoms with E-state index in [1.54, 1.807) is 0 Å². The number of hydrogen-bond donors (Lipinski definition) is 1. The Morgan fingerprint density at radius 3 is 1.89 bits per heavy atom. The molecule has 7 heteroatoms. The van der Waals surface area contributed by atoms with Crippen LogP contribution in [-0.4, -0.2) is 44.3 Å². The summed E-state index contributed by atoms with van der Waals surface area (Å²) < 4.78 is 13.4. The molecule has 1 aromatic carbocycles. The summed E-state index contributed by atoms with van der Waals surface area (Å²) in [6, 6.07) is 2.09. The Morgan fingerprint density at radius 1 is 0.895 bits per heavy atom. The van der Waals surface area contributed by atoms with E-state index in [1.165, 1.54) is 0 Å². The van der Waals surface area contributed by atoms with Crippen molar-refractivity contribution >= 4 is 17.9 Å². The maximum Gasteiger partial charge on any atom is 0.342 e. The van der Waals surface area contributed by atoms with Gasteiger partial charge in [-0.3, -0.25) is 0 Å². The normalized spacial score (nSPS) is 9.63. The highest BCUT2D eigenvalue weighted by molar-refractivity contribution is 6.07. The van der Waals surface area contributed by atoms with Crippen molar-refractivity contribution in [1.82, 2.24) is 0 Å². The smallest absolute Gasteiger partial charge is 0.342 e. The first-order valence-electron chi connectivity index (χ1n) is 5.08. The fraction of sp³-hybridized carbons (Fsp3) is 0.250. The summed E-state index contributed by atoms with van der Waals surface area (Å²) in [5.41, 5.74) is -0.746. The second-order valence-electron chi connectivity index (χ2n) is 3.39. The second-order valence-corrected chi connectivity index (χ2v) is 3.39. The minimum absolute atomic E-state index is 0.0898. The number of phenolic OH excluding ortho intramolecular Hbond substituents is 1. The molecule has 0 spiro atoms. The maximum absolute atomic E-state index is 11.6. The molecule has 0 atom stereocenters. The monoisotopic (exact) mass is 268 g/mol. The van der Waals surface area contributed by atoms with E-state index in [4.69, 9.17) is 0 Å². The number of carbonyl (C=O) groups is 3. The van der Waals surface area contributed by atoms with Crippen molar-refractivity contribution in [2.24, 2.45) is 0 Å². The zero-order chi connectivity index (χ0) is 14.6. The first kappa shape index (κ1) is 14.5. The number of carbonyl (C=O) groups excluding carboxylic acids is 3. The summed E-state index contributed by atoms with van der Waals surface area (Å²) in [7, 11) is 3.34. The summed E-state index contributed by atoms with van der Waals surface area (Å²) in [4.78, 5) is 34.5. The lowest BCUT2D eigenvalue weighted by atomic mass is 10.0. The van der Waals surface area contributed by atoms with Gasteiger partial charge in [-0.2, -0.15) is 0 Å². The number of hydrogen-bond acceptors (Lipinski definition) is 7. The van der Waals surface area contributed by atoms with Crippen molar-refractivity contribution in [3.63, 3.8) is 0 Å². The highest BCUT2D eigenvalue weighted by Gasteiger charge is 2.25. The quantitative estimate of drug-likeness (QED) is 0.637. The summed E-state index contributed by atoms with van der Waals surface area (Å²) in [6.07, 6.45) is 0. The van der Waals surface area contributed by atoms with Crippen LogP contribution in [0.4, 0.5) is 0 Å². The molecule has 102 valence electrons. The van der Waals surface area contributed by atoms with Crippen molar-refractivity contribution in [2.75, 3.05) is 21.3 Å². The van der Waals surface area contributed by atoms with Crippen LogP contribution in [0, 0.1) is 0 Å². The highest BCUT2D eigenvalue weighted by Crippen LogP contribution is 2.25. The Bertz CT molecular complexity index is 533. The molecule has 0 aromatic heterocycles. The Hall–Kier alpha value is -2.57. The van der Waals surface area contributed by atoms with E-state index in [-0.39, 0.29) is 16.7 Å². The lowest BCUT2D eigenvalue weighted by Gasteiger charge is -2.10. The Balaban J connectivity index is 3.51. The molecule has 0 fully saturated rings. The highest BCUT2D eigenvalue weighted by atomic mass is 16.5. The van der Waals surface area contributed by atoms with Crippen LogP contribution < -0.4 is 0 Å². The summed E-state index contributed by atoms with van der Waals surface area (Å²) in [5, 5.41) is 9.75. The molecule has 1 aromatic rings. The summed E-state index contributed by atoms with van der Waals surface area (Å²) in [6.45, 7) is 0. The van der Waals surface area contributed by atoms with E-state index in [0.717, 1.165) is 33.5 Å². The van der Waals surface area contributed by atoms with Gasteiger partial charge in [0.05, 0.1) is 32.5 Å². The van der Waals surface area contributed by atoms with Crippen LogP contribution in [-0.2, 0) is 14.2 Å². The fourth-order valence-electron chi connectivity index (χ4n) is 1.45. The molecule has 0 radical (unpaired) electrons. The Kier molecular flexibility index (Phi) is 4.46. The largest absolute Gasteiger partial charge is 0.507 e. The van der Waals surface area contributed by atoms with Crippen LogP contribution >= 0.6 is 0 Å². The van der Waals surface area contributed by atoms with E-state index >= 15 is 0 Å². The topological polar surface area (TPSA) is 99.1 Å². The third-order valence-corrected chi connectivity index (χ3v) is 2.33. The molecule has 0 bridgehead atoms. The SMILES string of the molecule is COC(=O)c1cc(O)c(C(=O)OC)c(C(=O)OC)c1. The van der Waals surface area contributed by atoms with Gasteiger partial charge in [-0.15, -0.1) is 0 Å². The third kappa shape index (κ3) is 2.82. The first-order chi connectivity index (χ1) is 8.96. The number of ether oxygens (including phenoxy) is 3. The molecule has 0 saturated carbocycles. The molecule has 19 heavy (non-hydrogen) atoms. The van der Waals surface area contributed by atoms with E-state index in [1.807, 2.05) is 0 Å². The minimum atomic E-state index is -0.922. The summed E-state index contributed by atoms with van der Waals surface area (Å²) >= 11 is 0. The molecular weight excluding hydrogens is 256 g/mol.